The van der Waals surface area contributed by atoms with E-state index in [2.05, 4.69) is 9.89 Å². The van der Waals surface area contributed by atoms with Crippen LogP contribution in [0.1, 0.15) is 22.8 Å². The highest BCUT2D eigenvalue weighted by Gasteiger charge is 2.35. The molecular weight excluding hydrogens is 188 g/mol. The van der Waals surface area contributed by atoms with Gasteiger partial charge in [0.1, 0.15) is 0 Å². The second-order valence-corrected chi connectivity index (χ2v) is 4.01. The minimum absolute atomic E-state index is 0.0251. The number of carbonyl (C=O) groups excluding carboxylic acids is 1. The van der Waals surface area contributed by atoms with Crippen LogP contribution in [0.2, 0.25) is 0 Å². The Morgan fingerprint density at radius 1 is 1.47 bits per heavy atom. The van der Waals surface area contributed by atoms with E-state index < -0.39 is 0 Å². The van der Waals surface area contributed by atoms with Crippen molar-refractivity contribution >= 4 is 17.7 Å². The van der Waals surface area contributed by atoms with E-state index in [-0.39, 0.29) is 11.8 Å². The predicted octanol–water partition coefficient (Wildman–Crippen LogP) is 1.51. The average molecular weight is 200 g/mol. The van der Waals surface area contributed by atoms with E-state index in [4.69, 9.17) is 0 Å². The maximum atomic E-state index is 12.0. The third-order valence-corrected chi connectivity index (χ3v) is 3.17. The van der Waals surface area contributed by atoms with Crippen LogP contribution in [0.15, 0.2) is 23.2 Å². The Labute approximate surface area is 88.4 Å². The Balaban J connectivity index is 2.28. The van der Waals surface area contributed by atoms with Crippen LogP contribution in [-0.2, 0) is 0 Å². The summed E-state index contributed by atoms with van der Waals surface area (Å²) in [5, 5.41) is 0. The molecule has 2 aliphatic heterocycles. The van der Waals surface area contributed by atoms with Crippen molar-refractivity contribution in [2.75, 3.05) is 18.0 Å². The molecule has 15 heavy (non-hydrogen) atoms. The summed E-state index contributed by atoms with van der Waals surface area (Å²) in [6.45, 7) is 3.58. The highest BCUT2D eigenvalue weighted by atomic mass is 16.1. The lowest BCUT2D eigenvalue weighted by molar-refractivity contribution is 0.0977. The van der Waals surface area contributed by atoms with Gasteiger partial charge in [-0.1, -0.05) is 12.1 Å². The number of para-hydroxylation sites is 1. The van der Waals surface area contributed by atoms with Crippen molar-refractivity contribution in [2.24, 2.45) is 4.99 Å². The number of aliphatic imine (C=N–C) groups is 1. The lowest BCUT2D eigenvalue weighted by atomic mass is 10.1. The van der Waals surface area contributed by atoms with E-state index in [9.17, 15) is 4.79 Å². The van der Waals surface area contributed by atoms with Crippen molar-refractivity contribution in [2.45, 2.75) is 13.0 Å². The van der Waals surface area contributed by atoms with Crippen molar-refractivity contribution in [1.82, 2.24) is 0 Å². The molecule has 0 fully saturated rings. The summed E-state index contributed by atoms with van der Waals surface area (Å²) in [5.74, 6) is 0.238. The number of hydrogen-bond donors (Lipinski definition) is 0. The van der Waals surface area contributed by atoms with Crippen LogP contribution in [0.25, 0.3) is 0 Å². The number of anilines is 1. The lowest BCUT2D eigenvalue weighted by Crippen LogP contribution is -2.34. The Morgan fingerprint density at radius 3 is 3.20 bits per heavy atom. The number of ketones is 1. The number of rotatable bonds is 0. The molecule has 3 nitrogen and oxygen atoms in total. The van der Waals surface area contributed by atoms with Gasteiger partial charge in [-0.2, -0.15) is 0 Å². The van der Waals surface area contributed by atoms with E-state index >= 15 is 0 Å². The van der Waals surface area contributed by atoms with Gasteiger partial charge >= 0.3 is 0 Å². The summed E-state index contributed by atoms with van der Waals surface area (Å²) in [5.41, 5.74) is 3.01. The van der Waals surface area contributed by atoms with Gasteiger partial charge in [-0.25, -0.2) is 0 Å². The van der Waals surface area contributed by atoms with Crippen LogP contribution < -0.4 is 4.90 Å². The van der Waals surface area contributed by atoms with Gasteiger partial charge in [0.15, 0.2) is 5.78 Å². The van der Waals surface area contributed by atoms with Crippen molar-refractivity contribution in [1.29, 1.82) is 0 Å². The number of benzene rings is 1. The first kappa shape index (κ1) is 8.65. The van der Waals surface area contributed by atoms with Crippen LogP contribution in [0, 0.1) is 0 Å². The molecule has 2 aliphatic rings. The van der Waals surface area contributed by atoms with Gasteiger partial charge in [-0.05, 0) is 13.0 Å². The van der Waals surface area contributed by atoms with Crippen LogP contribution in [0.4, 0.5) is 5.69 Å². The first-order valence-corrected chi connectivity index (χ1v) is 5.23. The van der Waals surface area contributed by atoms with Crippen molar-refractivity contribution in [3.05, 3.63) is 29.3 Å². The summed E-state index contributed by atoms with van der Waals surface area (Å²) < 4.78 is 0. The standard InChI is InChI=1S/C12H12N2O/c1-8-12(15)10-4-2-3-9-7-13-5-6-14(8)11(9)10/h2-4,7-8H,5-6H2,1H3. The summed E-state index contributed by atoms with van der Waals surface area (Å²) in [4.78, 5) is 18.5. The van der Waals surface area contributed by atoms with Crippen LogP contribution >= 0.6 is 0 Å². The fourth-order valence-electron chi connectivity index (χ4n) is 2.38. The summed E-state index contributed by atoms with van der Waals surface area (Å²) >= 11 is 0. The summed E-state index contributed by atoms with van der Waals surface area (Å²) in [6.07, 6.45) is 1.88. The monoisotopic (exact) mass is 200 g/mol. The molecule has 0 bridgehead atoms. The van der Waals surface area contributed by atoms with E-state index in [1.807, 2.05) is 31.3 Å². The largest absolute Gasteiger partial charge is 0.358 e. The zero-order chi connectivity index (χ0) is 10.4. The van der Waals surface area contributed by atoms with E-state index in [0.29, 0.717) is 0 Å². The molecule has 1 aromatic rings. The fourth-order valence-corrected chi connectivity index (χ4v) is 2.38. The van der Waals surface area contributed by atoms with Crippen LogP contribution in [0.3, 0.4) is 0 Å². The van der Waals surface area contributed by atoms with Gasteiger partial charge in [0.25, 0.3) is 0 Å². The maximum Gasteiger partial charge on any atom is 0.187 e. The molecule has 0 aromatic heterocycles. The molecule has 0 amide bonds. The molecule has 0 spiro atoms. The second kappa shape index (κ2) is 2.92. The molecular formula is C12H12N2O. The van der Waals surface area contributed by atoms with Crippen LogP contribution in [-0.4, -0.2) is 31.1 Å². The molecule has 0 radical (unpaired) electrons. The van der Waals surface area contributed by atoms with E-state index in [1.54, 1.807) is 0 Å². The zero-order valence-corrected chi connectivity index (χ0v) is 8.60. The Hall–Kier alpha value is -1.64. The first-order chi connectivity index (χ1) is 7.29. The second-order valence-electron chi connectivity index (χ2n) is 4.01. The molecule has 1 aromatic carbocycles. The highest BCUT2D eigenvalue weighted by molar-refractivity contribution is 6.14. The smallest absolute Gasteiger partial charge is 0.187 e. The van der Waals surface area contributed by atoms with Crippen molar-refractivity contribution in [3.8, 4) is 0 Å². The topological polar surface area (TPSA) is 32.7 Å². The molecule has 0 saturated heterocycles. The van der Waals surface area contributed by atoms with Gasteiger partial charge in [-0.15, -0.1) is 0 Å². The van der Waals surface area contributed by atoms with E-state index in [0.717, 1.165) is 29.9 Å². The summed E-state index contributed by atoms with van der Waals surface area (Å²) in [7, 11) is 0. The molecule has 0 aliphatic carbocycles. The number of Topliss-reactive ketones (excluding diaryl/α,β-unsaturated/α-hetero) is 1. The SMILES string of the molecule is CC1C(=O)c2cccc3c2N1CCN=C3. The quantitative estimate of drug-likeness (QED) is 0.636. The zero-order valence-electron chi connectivity index (χ0n) is 8.60. The van der Waals surface area contributed by atoms with Gasteiger partial charge in [0.2, 0.25) is 0 Å². The minimum atomic E-state index is -0.0251. The average Bonchev–Trinajstić information content (AvgIpc) is 2.45. The molecule has 1 atom stereocenters. The Bertz CT molecular complexity index is 465. The third-order valence-electron chi connectivity index (χ3n) is 3.17. The fraction of sp³-hybridized carbons (Fsp3) is 0.333. The highest BCUT2D eigenvalue weighted by Crippen LogP contribution is 2.35. The number of carbonyl (C=O) groups is 1. The molecule has 1 unspecified atom stereocenters. The van der Waals surface area contributed by atoms with E-state index in [1.165, 1.54) is 0 Å². The van der Waals surface area contributed by atoms with Crippen LogP contribution in [0.5, 0.6) is 0 Å². The molecule has 3 rings (SSSR count). The third kappa shape index (κ3) is 1.06. The molecule has 3 heteroatoms. The van der Waals surface area contributed by atoms with Crippen molar-refractivity contribution in [3.63, 3.8) is 0 Å². The lowest BCUT2D eigenvalue weighted by Gasteiger charge is -2.22. The first-order valence-electron chi connectivity index (χ1n) is 5.23. The molecule has 0 N–H and O–H groups in total. The molecule has 2 heterocycles. The normalized spacial score (nSPS) is 22.9. The van der Waals surface area contributed by atoms with Crippen molar-refractivity contribution < 1.29 is 4.79 Å². The predicted molar refractivity (Wildman–Crippen MR) is 60.0 cm³/mol. The van der Waals surface area contributed by atoms with Gasteiger partial charge in [-0.3, -0.25) is 9.79 Å². The van der Waals surface area contributed by atoms with Gasteiger partial charge in [0, 0.05) is 23.9 Å². The van der Waals surface area contributed by atoms with Gasteiger partial charge in [0.05, 0.1) is 18.3 Å². The van der Waals surface area contributed by atoms with Gasteiger partial charge < -0.3 is 4.90 Å². The minimum Gasteiger partial charge on any atom is -0.358 e. The Kier molecular flexibility index (Phi) is 1.69. The summed E-state index contributed by atoms with van der Waals surface area (Å²) in [6, 6.07) is 5.84. The molecule has 0 saturated carbocycles. The maximum absolute atomic E-state index is 12.0. The number of nitrogens with zero attached hydrogens (tertiary/aromatic N) is 2. The molecule has 76 valence electrons. The Morgan fingerprint density at radius 2 is 2.33 bits per heavy atom. The number of hydrogen-bond acceptors (Lipinski definition) is 3.